The number of rotatable bonds is 4. The van der Waals surface area contributed by atoms with Gasteiger partial charge in [-0.25, -0.2) is 17.9 Å². The number of anilines is 1. The van der Waals surface area contributed by atoms with Crippen LogP contribution < -0.4 is 14.8 Å². The summed E-state index contributed by atoms with van der Waals surface area (Å²) < 4.78 is 46.1. The summed E-state index contributed by atoms with van der Waals surface area (Å²) >= 11 is 0. The molecule has 0 aliphatic rings. The molecule has 2 rings (SSSR count). The van der Waals surface area contributed by atoms with Crippen LogP contribution in [0.25, 0.3) is 0 Å². The zero-order chi connectivity index (χ0) is 17.4. The number of hydrogen-bond acceptors (Lipinski definition) is 5. The van der Waals surface area contributed by atoms with Gasteiger partial charge in [0.1, 0.15) is 5.76 Å². The highest BCUT2D eigenvalue weighted by molar-refractivity contribution is 7.89. The van der Waals surface area contributed by atoms with Crippen molar-refractivity contribution < 1.29 is 26.8 Å². The van der Waals surface area contributed by atoms with Gasteiger partial charge in [-0.15, -0.1) is 0 Å². The van der Waals surface area contributed by atoms with Crippen molar-refractivity contribution in [1.82, 2.24) is 0 Å². The Morgan fingerprint density at radius 1 is 1.35 bits per heavy atom. The van der Waals surface area contributed by atoms with Crippen molar-refractivity contribution in [3.8, 4) is 5.75 Å². The van der Waals surface area contributed by atoms with Crippen molar-refractivity contribution in [2.45, 2.75) is 12.0 Å². The number of halogens is 1. The van der Waals surface area contributed by atoms with Crippen LogP contribution in [0.4, 0.5) is 10.1 Å². The summed E-state index contributed by atoms with van der Waals surface area (Å²) in [6.07, 6.45) is 0. The standard InChI is InChI=1S/C14H15FN2O5S/c1-8-10(7-13(22-8)23(16,19)20)14(18)17(2)9-4-5-12(21-3)11(15)6-9/h4-7H,1-3H3,(H2,16,19,20). The summed E-state index contributed by atoms with van der Waals surface area (Å²) in [4.78, 5) is 13.6. The molecular formula is C14H15FN2O5S. The monoisotopic (exact) mass is 342 g/mol. The molecule has 1 aromatic heterocycles. The number of methoxy groups -OCH3 is 1. The third-order valence-electron chi connectivity index (χ3n) is 3.23. The van der Waals surface area contributed by atoms with E-state index in [-0.39, 0.29) is 22.8 Å². The Labute approximate surface area is 132 Å². The smallest absolute Gasteiger partial charge is 0.271 e. The van der Waals surface area contributed by atoms with Crippen LogP contribution in [0.15, 0.2) is 33.8 Å². The fourth-order valence-electron chi connectivity index (χ4n) is 1.97. The van der Waals surface area contributed by atoms with Gasteiger partial charge in [-0.1, -0.05) is 0 Å². The van der Waals surface area contributed by atoms with Gasteiger partial charge < -0.3 is 14.1 Å². The average molecular weight is 342 g/mol. The predicted molar refractivity (Wildman–Crippen MR) is 80.5 cm³/mol. The highest BCUT2D eigenvalue weighted by Crippen LogP contribution is 2.25. The number of benzene rings is 1. The van der Waals surface area contributed by atoms with Crippen LogP contribution in [-0.4, -0.2) is 28.5 Å². The highest BCUT2D eigenvalue weighted by Gasteiger charge is 2.24. The minimum absolute atomic E-state index is 0.0211. The van der Waals surface area contributed by atoms with E-state index < -0.39 is 26.8 Å². The van der Waals surface area contributed by atoms with E-state index in [0.29, 0.717) is 0 Å². The van der Waals surface area contributed by atoms with Crippen LogP contribution in [-0.2, 0) is 10.0 Å². The SMILES string of the molecule is COc1ccc(N(C)C(=O)c2cc(S(N)(=O)=O)oc2C)cc1F. The molecule has 0 bridgehead atoms. The van der Waals surface area contributed by atoms with Crippen molar-refractivity contribution in [3.63, 3.8) is 0 Å². The maximum absolute atomic E-state index is 13.7. The molecule has 0 fully saturated rings. The number of aryl methyl sites for hydroxylation is 1. The molecule has 7 nitrogen and oxygen atoms in total. The van der Waals surface area contributed by atoms with Gasteiger partial charge in [-0.05, 0) is 19.1 Å². The predicted octanol–water partition coefficient (Wildman–Crippen LogP) is 1.66. The van der Waals surface area contributed by atoms with E-state index >= 15 is 0 Å². The molecule has 0 atom stereocenters. The first-order chi connectivity index (χ1) is 10.6. The molecule has 1 amide bonds. The van der Waals surface area contributed by atoms with Crippen LogP contribution in [0.1, 0.15) is 16.1 Å². The second-order valence-electron chi connectivity index (χ2n) is 4.76. The Hall–Kier alpha value is -2.39. The fourth-order valence-corrected chi connectivity index (χ4v) is 2.49. The Morgan fingerprint density at radius 2 is 2.00 bits per heavy atom. The third-order valence-corrected chi connectivity index (χ3v) is 4.00. The summed E-state index contributed by atoms with van der Waals surface area (Å²) in [5.41, 5.74) is 0.291. The lowest BCUT2D eigenvalue weighted by Gasteiger charge is -2.17. The second-order valence-corrected chi connectivity index (χ2v) is 6.26. The number of furan rings is 1. The minimum Gasteiger partial charge on any atom is -0.494 e. The molecular weight excluding hydrogens is 327 g/mol. The van der Waals surface area contributed by atoms with Gasteiger partial charge in [0.15, 0.2) is 11.6 Å². The first-order valence-corrected chi connectivity index (χ1v) is 7.94. The van der Waals surface area contributed by atoms with Crippen molar-refractivity contribution in [1.29, 1.82) is 0 Å². The van der Waals surface area contributed by atoms with Gasteiger partial charge in [0.05, 0.1) is 12.7 Å². The van der Waals surface area contributed by atoms with E-state index in [2.05, 4.69) is 0 Å². The molecule has 0 spiro atoms. The maximum Gasteiger partial charge on any atom is 0.271 e. The highest BCUT2D eigenvalue weighted by atomic mass is 32.2. The molecule has 2 N–H and O–H groups in total. The molecule has 0 aliphatic heterocycles. The molecule has 0 saturated carbocycles. The number of carbonyl (C=O) groups is 1. The molecule has 1 heterocycles. The summed E-state index contributed by atoms with van der Waals surface area (Å²) in [6.45, 7) is 1.43. The Morgan fingerprint density at radius 3 is 2.48 bits per heavy atom. The molecule has 0 radical (unpaired) electrons. The van der Waals surface area contributed by atoms with E-state index in [9.17, 15) is 17.6 Å². The van der Waals surface area contributed by atoms with Crippen molar-refractivity contribution in [2.24, 2.45) is 5.14 Å². The number of ether oxygens (including phenoxy) is 1. The second kappa shape index (κ2) is 6.01. The average Bonchev–Trinajstić information content (AvgIpc) is 2.87. The lowest BCUT2D eigenvalue weighted by atomic mass is 10.2. The minimum atomic E-state index is -4.06. The zero-order valence-electron chi connectivity index (χ0n) is 12.7. The van der Waals surface area contributed by atoms with Gasteiger partial charge in [0.2, 0.25) is 5.09 Å². The molecule has 124 valence electrons. The normalized spacial score (nSPS) is 11.3. The van der Waals surface area contributed by atoms with Crippen LogP contribution in [0.2, 0.25) is 0 Å². The zero-order valence-corrected chi connectivity index (χ0v) is 13.5. The number of nitrogens with zero attached hydrogens (tertiary/aromatic N) is 1. The molecule has 0 saturated heterocycles. The first-order valence-electron chi connectivity index (χ1n) is 6.40. The van der Waals surface area contributed by atoms with E-state index in [4.69, 9.17) is 14.3 Å². The van der Waals surface area contributed by atoms with Crippen LogP contribution in [0.3, 0.4) is 0 Å². The number of primary sulfonamides is 1. The number of amides is 1. The van der Waals surface area contributed by atoms with Gasteiger partial charge in [0, 0.05) is 24.9 Å². The summed E-state index contributed by atoms with van der Waals surface area (Å²) in [6, 6.07) is 5.05. The third kappa shape index (κ3) is 3.35. The van der Waals surface area contributed by atoms with Crippen molar-refractivity contribution in [2.75, 3.05) is 19.1 Å². The van der Waals surface area contributed by atoms with Crippen molar-refractivity contribution in [3.05, 3.63) is 41.4 Å². The van der Waals surface area contributed by atoms with E-state index in [1.165, 1.54) is 33.2 Å². The summed E-state index contributed by atoms with van der Waals surface area (Å²) in [7, 11) is -1.30. The lowest BCUT2D eigenvalue weighted by Crippen LogP contribution is -2.26. The number of hydrogen-bond donors (Lipinski definition) is 1. The first kappa shape index (κ1) is 17.0. The van der Waals surface area contributed by atoms with Gasteiger partial charge in [-0.2, -0.15) is 0 Å². The summed E-state index contributed by atoms with van der Waals surface area (Å²) in [5.74, 6) is -1.05. The molecule has 0 unspecified atom stereocenters. The van der Waals surface area contributed by atoms with E-state index in [1.54, 1.807) is 0 Å². The lowest BCUT2D eigenvalue weighted by molar-refractivity contribution is 0.0991. The number of carbonyl (C=O) groups excluding carboxylic acids is 1. The fraction of sp³-hybridized carbons (Fsp3) is 0.214. The summed E-state index contributed by atoms with van der Waals surface area (Å²) in [5, 5.41) is 4.46. The largest absolute Gasteiger partial charge is 0.494 e. The molecule has 1 aromatic carbocycles. The Kier molecular flexibility index (Phi) is 4.44. The number of nitrogens with two attached hydrogens (primary N) is 1. The van der Waals surface area contributed by atoms with Gasteiger partial charge in [-0.3, -0.25) is 4.79 Å². The van der Waals surface area contributed by atoms with E-state index in [1.807, 2.05) is 0 Å². The Balaban J connectivity index is 2.37. The molecule has 23 heavy (non-hydrogen) atoms. The molecule has 9 heteroatoms. The van der Waals surface area contributed by atoms with Crippen LogP contribution in [0, 0.1) is 12.7 Å². The quantitative estimate of drug-likeness (QED) is 0.910. The van der Waals surface area contributed by atoms with Crippen LogP contribution >= 0.6 is 0 Å². The van der Waals surface area contributed by atoms with Gasteiger partial charge in [0.25, 0.3) is 15.9 Å². The van der Waals surface area contributed by atoms with E-state index in [0.717, 1.165) is 17.0 Å². The Bertz CT molecular complexity index is 860. The maximum atomic E-state index is 13.7. The van der Waals surface area contributed by atoms with Crippen molar-refractivity contribution >= 4 is 21.6 Å². The van der Waals surface area contributed by atoms with Gasteiger partial charge >= 0.3 is 0 Å². The molecule has 0 aliphatic carbocycles. The number of sulfonamides is 1. The topological polar surface area (TPSA) is 103 Å². The molecule has 2 aromatic rings. The van der Waals surface area contributed by atoms with Crippen LogP contribution in [0.5, 0.6) is 5.75 Å².